The van der Waals surface area contributed by atoms with E-state index < -0.39 is 12.2 Å². The fraction of sp³-hybridized carbons (Fsp3) is 0.0571. The lowest BCUT2D eigenvalue weighted by molar-refractivity contribution is 0.0986. The van der Waals surface area contributed by atoms with Gasteiger partial charge in [-0.3, -0.25) is 4.79 Å². The zero-order chi connectivity index (χ0) is 29.3. The topological polar surface area (TPSA) is 76.1 Å². The summed E-state index contributed by atoms with van der Waals surface area (Å²) in [5, 5.41) is 0. The number of ether oxygens (including phenoxy) is 2. The lowest BCUT2D eigenvalue weighted by atomic mass is 10.1. The number of ketones is 1. The van der Waals surface area contributed by atoms with Gasteiger partial charge in [-0.15, -0.1) is 0 Å². The minimum atomic E-state index is -0.726. The van der Waals surface area contributed by atoms with Crippen LogP contribution < -0.4 is 19.3 Å². The van der Waals surface area contributed by atoms with Crippen LogP contribution in [0.15, 0.2) is 140 Å². The summed E-state index contributed by atoms with van der Waals surface area (Å²) in [5.41, 5.74) is 2.59. The van der Waals surface area contributed by atoms with Gasteiger partial charge in [-0.25, -0.2) is 19.4 Å². The maximum atomic E-state index is 13.7. The normalized spacial score (nSPS) is 10.4. The van der Waals surface area contributed by atoms with E-state index in [0.717, 1.165) is 0 Å². The molecular formula is C35H28N2O5. The standard InChI is InChI=1S/C35H28N2O5/c1-2-32(38)31-24-23-30(41-34(39)36(26-15-7-3-8-16-26)27-17-9-4-10-18-27)25-33(31)42-35(40)37(28-19-11-5-12-20-28)29-21-13-6-14-22-29/h3-25H,2H2,1H3. The molecule has 7 nitrogen and oxygen atoms in total. The highest BCUT2D eigenvalue weighted by molar-refractivity contribution is 6.02. The third kappa shape index (κ3) is 6.37. The van der Waals surface area contributed by atoms with E-state index in [4.69, 9.17) is 9.47 Å². The second-order valence-corrected chi connectivity index (χ2v) is 9.18. The molecule has 0 atom stereocenters. The maximum absolute atomic E-state index is 13.7. The highest BCUT2D eigenvalue weighted by Crippen LogP contribution is 2.32. The maximum Gasteiger partial charge on any atom is 0.424 e. The van der Waals surface area contributed by atoms with Gasteiger partial charge in [0.2, 0.25) is 0 Å². The summed E-state index contributed by atoms with van der Waals surface area (Å²) >= 11 is 0. The molecule has 5 aromatic carbocycles. The summed E-state index contributed by atoms with van der Waals surface area (Å²) in [6.07, 6.45) is -1.20. The molecule has 5 aromatic rings. The average Bonchev–Trinajstić information content (AvgIpc) is 3.03. The van der Waals surface area contributed by atoms with Crippen LogP contribution in [0.5, 0.6) is 11.5 Å². The van der Waals surface area contributed by atoms with Gasteiger partial charge in [-0.2, -0.15) is 0 Å². The van der Waals surface area contributed by atoms with Gasteiger partial charge in [0.15, 0.2) is 5.78 Å². The van der Waals surface area contributed by atoms with E-state index >= 15 is 0 Å². The molecule has 0 saturated heterocycles. The van der Waals surface area contributed by atoms with Gasteiger partial charge >= 0.3 is 12.2 Å². The Morgan fingerprint density at radius 1 is 0.524 bits per heavy atom. The number of anilines is 4. The molecule has 0 aliphatic heterocycles. The molecule has 42 heavy (non-hydrogen) atoms. The zero-order valence-corrected chi connectivity index (χ0v) is 22.9. The summed E-state index contributed by atoms with van der Waals surface area (Å²) in [7, 11) is 0. The van der Waals surface area contributed by atoms with Crippen molar-refractivity contribution in [2.75, 3.05) is 9.80 Å². The number of nitrogens with zero attached hydrogens (tertiary/aromatic N) is 2. The molecule has 0 heterocycles. The van der Waals surface area contributed by atoms with Crippen LogP contribution in [-0.4, -0.2) is 18.0 Å². The first-order chi connectivity index (χ1) is 20.5. The minimum Gasteiger partial charge on any atom is -0.410 e. The van der Waals surface area contributed by atoms with E-state index in [1.165, 1.54) is 28.0 Å². The van der Waals surface area contributed by atoms with Crippen molar-refractivity contribution >= 4 is 40.7 Å². The lowest BCUT2D eigenvalue weighted by Gasteiger charge is -2.24. The van der Waals surface area contributed by atoms with E-state index in [2.05, 4.69) is 0 Å². The molecule has 208 valence electrons. The first-order valence-corrected chi connectivity index (χ1v) is 13.5. The Kier molecular flexibility index (Phi) is 8.70. The van der Waals surface area contributed by atoms with Crippen LogP contribution in [0.2, 0.25) is 0 Å². The summed E-state index contributed by atoms with van der Waals surface area (Å²) in [5.74, 6) is -0.130. The Labute approximate surface area is 244 Å². The van der Waals surface area contributed by atoms with Crippen molar-refractivity contribution in [2.24, 2.45) is 0 Å². The van der Waals surface area contributed by atoms with Crippen molar-refractivity contribution in [1.29, 1.82) is 0 Å². The third-order valence-corrected chi connectivity index (χ3v) is 6.40. The molecule has 0 fully saturated rings. The fourth-order valence-corrected chi connectivity index (χ4v) is 4.39. The molecule has 0 bridgehead atoms. The van der Waals surface area contributed by atoms with Gasteiger partial charge in [0.1, 0.15) is 11.5 Å². The number of carbonyl (C=O) groups is 3. The van der Waals surface area contributed by atoms with Gasteiger partial charge in [-0.1, -0.05) is 79.7 Å². The molecule has 2 amide bonds. The van der Waals surface area contributed by atoms with E-state index in [0.29, 0.717) is 22.7 Å². The highest BCUT2D eigenvalue weighted by atomic mass is 16.6. The predicted molar refractivity (Wildman–Crippen MR) is 163 cm³/mol. The van der Waals surface area contributed by atoms with E-state index in [1.54, 1.807) is 55.5 Å². The monoisotopic (exact) mass is 556 g/mol. The van der Waals surface area contributed by atoms with Gasteiger partial charge in [0.25, 0.3) is 0 Å². The molecule has 0 aliphatic rings. The van der Waals surface area contributed by atoms with Crippen LogP contribution in [0.4, 0.5) is 32.3 Å². The summed E-state index contributed by atoms with van der Waals surface area (Å²) in [4.78, 5) is 42.8. The van der Waals surface area contributed by atoms with Crippen LogP contribution in [0.3, 0.4) is 0 Å². The molecule has 0 unspecified atom stereocenters. The van der Waals surface area contributed by atoms with Crippen LogP contribution in [0.1, 0.15) is 23.7 Å². The Bertz CT molecular complexity index is 1580. The van der Waals surface area contributed by atoms with Crippen LogP contribution >= 0.6 is 0 Å². The summed E-state index contributed by atoms with van der Waals surface area (Å²) < 4.78 is 11.6. The molecule has 0 spiro atoms. The molecule has 0 radical (unpaired) electrons. The molecule has 0 saturated carbocycles. The largest absolute Gasteiger partial charge is 0.424 e. The van der Waals surface area contributed by atoms with E-state index in [-0.39, 0.29) is 29.3 Å². The number of benzene rings is 5. The van der Waals surface area contributed by atoms with Gasteiger partial charge in [0, 0.05) is 12.5 Å². The number of hydrogen-bond donors (Lipinski definition) is 0. The lowest BCUT2D eigenvalue weighted by Crippen LogP contribution is -2.30. The van der Waals surface area contributed by atoms with Crippen molar-refractivity contribution in [2.45, 2.75) is 13.3 Å². The molecule has 7 heteroatoms. The number of hydrogen-bond acceptors (Lipinski definition) is 5. The van der Waals surface area contributed by atoms with Crippen molar-refractivity contribution in [3.63, 3.8) is 0 Å². The molecule has 0 N–H and O–H groups in total. The Hall–Kier alpha value is -5.69. The third-order valence-electron chi connectivity index (χ3n) is 6.40. The number of Topliss-reactive ketones (excluding diaryl/α,β-unsaturated/α-hetero) is 1. The van der Waals surface area contributed by atoms with Crippen molar-refractivity contribution < 1.29 is 23.9 Å². The van der Waals surface area contributed by atoms with Crippen molar-refractivity contribution in [3.8, 4) is 11.5 Å². The average molecular weight is 557 g/mol. The number of para-hydroxylation sites is 4. The first kappa shape index (κ1) is 27.9. The zero-order valence-electron chi connectivity index (χ0n) is 22.9. The molecule has 5 rings (SSSR count). The Morgan fingerprint density at radius 2 is 0.905 bits per heavy atom. The molecule has 0 aromatic heterocycles. The highest BCUT2D eigenvalue weighted by Gasteiger charge is 2.25. The quantitative estimate of drug-likeness (QED) is 0.178. The second-order valence-electron chi connectivity index (χ2n) is 9.18. The number of amides is 2. The number of carbonyl (C=O) groups excluding carboxylic acids is 3. The molecule has 0 aliphatic carbocycles. The van der Waals surface area contributed by atoms with Crippen LogP contribution in [0.25, 0.3) is 0 Å². The van der Waals surface area contributed by atoms with Gasteiger partial charge in [-0.05, 0) is 60.7 Å². The van der Waals surface area contributed by atoms with Crippen molar-refractivity contribution in [1.82, 2.24) is 0 Å². The minimum absolute atomic E-state index is 0.0139. The first-order valence-electron chi connectivity index (χ1n) is 13.5. The fourth-order valence-electron chi connectivity index (χ4n) is 4.39. The summed E-state index contributed by atoms with van der Waals surface area (Å²) in [6, 6.07) is 40.7. The van der Waals surface area contributed by atoms with Gasteiger partial charge < -0.3 is 9.47 Å². The smallest absolute Gasteiger partial charge is 0.410 e. The second kappa shape index (κ2) is 13.1. The summed E-state index contributed by atoms with van der Waals surface area (Å²) in [6.45, 7) is 1.72. The Balaban J connectivity index is 1.48. The Morgan fingerprint density at radius 3 is 1.29 bits per heavy atom. The van der Waals surface area contributed by atoms with E-state index in [1.807, 2.05) is 72.8 Å². The van der Waals surface area contributed by atoms with Gasteiger partial charge in [0.05, 0.1) is 28.3 Å². The van der Waals surface area contributed by atoms with Crippen LogP contribution in [-0.2, 0) is 0 Å². The molecular weight excluding hydrogens is 528 g/mol. The van der Waals surface area contributed by atoms with Crippen molar-refractivity contribution in [3.05, 3.63) is 145 Å². The van der Waals surface area contributed by atoms with Crippen LogP contribution in [0, 0.1) is 0 Å². The van der Waals surface area contributed by atoms with E-state index in [9.17, 15) is 14.4 Å². The number of rotatable bonds is 8. The SMILES string of the molecule is CCC(=O)c1ccc(OC(=O)N(c2ccccc2)c2ccccc2)cc1OC(=O)N(c1ccccc1)c1ccccc1. The predicted octanol–water partition coefficient (Wildman–Crippen LogP) is 8.95.